The highest BCUT2D eigenvalue weighted by Gasteiger charge is 2.01. The highest BCUT2D eigenvalue weighted by Crippen LogP contribution is 1.86. The van der Waals surface area contributed by atoms with Crippen LogP contribution in [0.2, 0.25) is 0 Å². The minimum atomic E-state index is -0.334. The molecule has 1 aromatic heterocycles. The number of esters is 1. The SMILES string of the molecule is CCOC(=O)COCCNCc1ncn(C)n1. The Bertz CT molecular complexity index is 340. The van der Waals surface area contributed by atoms with E-state index in [2.05, 4.69) is 15.4 Å². The molecule has 0 radical (unpaired) electrons. The maximum Gasteiger partial charge on any atom is 0.332 e. The van der Waals surface area contributed by atoms with Gasteiger partial charge in [-0.2, -0.15) is 5.10 Å². The minimum absolute atomic E-state index is 0.00262. The minimum Gasteiger partial charge on any atom is -0.464 e. The van der Waals surface area contributed by atoms with Gasteiger partial charge < -0.3 is 14.8 Å². The van der Waals surface area contributed by atoms with Crippen molar-refractivity contribution in [2.45, 2.75) is 13.5 Å². The van der Waals surface area contributed by atoms with Crippen molar-refractivity contribution in [2.75, 3.05) is 26.4 Å². The van der Waals surface area contributed by atoms with E-state index < -0.39 is 0 Å². The molecule has 0 unspecified atom stereocenters. The second-order valence-corrected chi connectivity index (χ2v) is 3.37. The third-order valence-corrected chi connectivity index (χ3v) is 1.88. The number of hydrogen-bond donors (Lipinski definition) is 1. The molecule has 0 aromatic carbocycles. The number of hydrogen-bond acceptors (Lipinski definition) is 6. The molecule has 0 atom stereocenters. The molecule has 0 saturated heterocycles. The lowest BCUT2D eigenvalue weighted by Crippen LogP contribution is -2.22. The van der Waals surface area contributed by atoms with Crippen LogP contribution in [-0.4, -0.2) is 47.1 Å². The lowest BCUT2D eigenvalue weighted by atomic mass is 10.5. The first-order chi connectivity index (χ1) is 8.22. The highest BCUT2D eigenvalue weighted by molar-refractivity contribution is 5.70. The molecule has 7 heteroatoms. The molecule has 7 nitrogen and oxygen atoms in total. The normalized spacial score (nSPS) is 10.5. The average Bonchev–Trinajstić information content (AvgIpc) is 2.70. The third-order valence-electron chi connectivity index (χ3n) is 1.88. The number of aryl methyl sites for hydroxylation is 1. The summed E-state index contributed by atoms with van der Waals surface area (Å²) < 4.78 is 11.5. The topological polar surface area (TPSA) is 78.3 Å². The fraction of sp³-hybridized carbons (Fsp3) is 0.700. The van der Waals surface area contributed by atoms with Gasteiger partial charge in [0, 0.05) is 13.6 Å². The standard InChI is InChI=1S/C10H18N4O3/c1-3-17-10(15)7-16-5-4-11-6-9-12-8-14(2)13-9/h8,11H,3-7H2,1-2H3. The van der Waals surface area contributed by atoms with Gasteiger partial charge in [0.15, 0.2) is 5.82 Å². The van der Waals surface area contributed by atoms with Gasteiger partial charge in [-0.3, -0.25) is 4.68 Å². The molecule has 0 saturated carbocycles. The van der Waals surface area contributed by atoms with Gasteiger partial charge >= 0.3 is 5.97 Å². The Morgan fingerprint density at radius 1 is 1.59 bits per heavy atom. The van der Waals surface area contributed by atoms with Crippen LogP contribution >= 0.6 is 0 Å². The third kappa shape index (κ3) is 5.98. The van der Waals surface area contributed by atoms with E-state index in [1.807, 2.05) is 7.05 Å². The molecular weight excluding hydrogens is 224 g/mol. The monoisotopic (exact) mass is 242 g/mol. The molecule has 1 N–H and O–H groups in total. The van der Waals surface area contributed by atoms with Gasteiger partial charge in [-0.15, -0.1) is 0 Å². The Kier molecular flexibility index (Phi) is 6.19. The van der Waals surface area contributed by atoms with E-state index in [0.29, 0.717) is 26.3 Å². The van der Waals surface area contributed by atoms with Crippen molar-refractivity contribution in [2.24, 2.45) is 7.05 Å². The summed E-state index contributed by atoms with van der Waals surface area (Å²) in [6.07, 6.45) is 1.65. The molecule has 96 valence electrons. The van der Waals surface area contributed by atoms with Crippen molar-refractivity contribution < 1.29 is 14.3 Å². The molecule has 0 fully saturated rings. The van der Waals surface area contributed by atoms with Crippen LogP contribution in [0.3, 0.4) is 0 Å². The maximum absolute atomic E-state index is 10.9. The lowest BCUT2D eigenvalue weighted by Gasteiger charge is -2.04. The van der Waals surface area contributed by atoms with Crippen LogP contribution in [0, 0.1) is 0 Å². The molecule has 0 bridgehead atoms. The molecule has 0 aliphatic heterocycles. The summed E-state index contributed by atoms with van der Waals surface area (Å²) in [6, 6.07) is 0. The van der Waals surface area contributed by atoms with Gasteiger partial charge in [0.1, 0.15) is 12.9 Å². The summed E-state index contributed by atoms with van der Waals surface area (Å²) in [6.45, 7) is 3.81. The number of carbonyl (C=O) groups excluding carboxylic acids is 1. The summed E-state index contributed by atoms with van der Waals surface area (Å²) >= 11 is 0. The Balaban J connectivity index is 1.96. The molecule has 1 aromatic rings. The summed E-state index contributed by atoms with van der Waals surface area (Å²) in [7, 11) is 1.82. The average molecular weight is 242 g/mol. The number of nitrogens with one attached hydrogen (secondary N) is 1. The van der Waals surface area contributed by atoms with Crippen molar-refractivity contribution >= 4 is 5.97 Å². The van der Waals surface area contributed by atoms with E-state index in [-0.39, 0.29) is 12.6 Å². The second-order valence-electron chi connectivity index (χ2n) is 3.37. The van der Waals surface area contributed by atoms with Crippen LogP contribution in [0.1, 0.15) is 12.7 Å². The Morgan fingerprint density at radius 3 is 3.06 bits per heavy atom. The van der Waals surface area contributed by atoms with Gasteiger partial charge in [-0.25, -0.2) is 9.78 Å². The molecule has 1 heterocycles. The smallest absolute Gasteiger partial charge is 0.332 e. The van der Waals surface area contributed by atoms with Gasteiger partial charge in [0.05, 0.1) is 19.8 Å². The first-order valence-corrected chi connectivity index (χ1v) is 5.51. The number of carbonyl (C=O) groups is 1. The van der Waals surface area contributed by atoms with E-state index in [0.717, 1.165) is 5.82 Å². The van der Waals surface area contributed by atoms with E-state index in [1.165, 1.54) is 0 Å². The zero-order chi connectivity index (χ0) is 12.5. The van der Waals surface area contributed by atoms with Crippen LogP contribution in [-0.2, 0) is 27.9 Å². The quantitative estimate of drug-likeness (QED) is 0.488. The predicted octanol–water partition coefficient (Wildman–Crippen LogP) is -0.516. The van der Waals surface area contributed by atoms with Gasteiger partial charge in [-0.05, 0) is 6.92 Å². The van der Waals surface area contributed by atoms with Crippen molar-refractivity contribution in [3.63, 3.8) is 0 Å². The van der Waals surface area contributed by atoms with Crippen molar-refractivity contribution in [3.05, 3.63) is 12.2 Å². The zero-order valence-corrected chi connectivity index (χ0v) is 10.2. The van der Waals surface area contributed by atoms with Crippen molar-refractivity contribution in [1.82, 2.24) is 20.1 Å². The maximum atomic E-state index is 10.9. The lowest BCUT2D eigenvalue weighted by molar-refractivity contribution is -0.148. The number of rotatable bonds is 8. The highest BCUT2D eigenvalue weighted by atomic mass is 16.6. The predicted molar refractivity (Wildman–Crippen MR) is 60.2 cm³/mol. The van der Waals surface area contributed by atoms with Crippen LogP contribution < -0.4 is 5.32 Å². The fourth-order valence-electron chi connectivity index (χ4n) is 1.17. The molecule has 0 spiro atoms. The summed E-state index contributed by atoms with van der Waals surface area (Å²) in [5.41, 5.74) is 0. The molecule has 0 aliphatic rings. The Hall–Kier alpha value is -1.47. The fourth-order valence-corrected chi connectivity index (χ4v) is 1.17. The Morgan fingerprint density at radius 2 is 2.41 bits per heavy atom. The van der Waals surface area contributed by atoms with Crippen molar-refractivity contribution in [3.8, 4) is 0 Å². The van der Waals surface area contributed by atoms with Crippen LogP contribution in [0.25, 0.3) is 0 Å². The van der Waals surface area contributed by atoms with E-state index >= 15 is 0 Å². The van der Waals surface area contributed by atoms with Crippen molar-refractivity contribution in [1.29, 1.82) is 0 Å². The number of nitrogens with zero attached hydrogens (tertiary/aromatic N) is 3. The summed E-state index contributed by atoms with van der Waals surface area (Å²) in [5.74, 6) is 0.400. The van der Waals surface area contributed by atoms with E-state index in [1.54, 1.807) is 17.9 Å². The van der Waals surface area contributed by atoms with Gasteiger partial charge in [0.2, 0.25) is 0 Å². The number of ether oxygens (including phenoxy) is 2. The molecule has 1 rings (SSSR count). The summed E-state index contributed by atoms with van der Waals surface area (Å²) in [4.78, 5) is 15.0. The van der Waals surface area contributed by atoms with E-state index in [4.69, 9.17) is 9.47 Å². The van der Waals surface area contributed by atoms with Crippen LogP contribution in [0.5, 0.6) is 0 Å². The number of aromatic nitrogens is 3. The largest absolute Gasteiger partial charge is 0.464 e. The molecular formula is C10H18N4O3. The van der Waals surface area contributed by atoms with Crippen LogP contribution in [0.4, 0.5) is 0 Å². The Labute approximate surface area is 100 Å². The first-order valence-electron chi connectivity index (χ1n) is 5.51. The zero-order valence-electron chi connectivity index (χ0n) is 10.2. The summed E-state index contributed by atoms with van der Waals surface area (Å²) in [5, 5.41) is 7.21. The van der Waals surface area contributed by atoms with Gasteiger partial charge in [0.25, 0.3) is 0 Å². The van der Waals surface area contributed by atoms with E-state index in [9.17, 15) is 4.79 Å². The molecule has 0 aliphatic carbocycles. The van der Waals surface area contributed by atoms with Crippen LogP contribution in [0.15, 0.2) is 6.33 Å². The first kappa shape index (κ1) is 13.6. The molecule has 17 heavy (non-hydrogen) atoms. The second kappa shape index (κ2) is 7.75. The molecule has 0 amide bonds. The van der Waals surface area contributed by atoms with Gasteiger partial charge in [-0.1, -0.05) is 0 Å².